The molecule has 150 valence electrons. The lowest BCUT2D eigenvalue weighted by Gasteiger charge is -2.35. The molecular formula is C20H28Cl2N2O3. The van der Waals surface area contributed by atoms with E-state index in [0.717, 1.165) is 5.56 Å². The number of halogens is 2. The van der Waals surface area contributed by atoms with Gasteiger partial charge in [-0.3, -0.25) is 4.79 Å². The Labute approximate surface area is 171 Å². The number of hydrogen-bond acceptors (Lipinski definition) is 3. The summed E-state index contributed by atoms with van der Waals surface area (Å²) >= 11 is 12.3. The molecule has 0 radical (unpaired) electrons. The van der Waals surface area contributed by atoms with Gasteiger partial charge in [-0.25, -0.2) is 4.79 Å². The Balaban J connectivity index is 1.95. The molecule has 2 rings (SSSR count). The van der Waals surface area contributed by atoms with Crippen molar-refractivity contribution < 1.29 is 14.3 Å². The van der Waals surface area contributed by atoms with Crippen molar-refractivity contribution in [2.45, 2.75) is 52.7 Å². The van der Waals surface area contributed by atoms with E-state index in [1.807, 2.05) is 27.7 Å². The van der Waals surface area contributed by atoms with Gasteiger partial charge in [0.15, 0.2) is 0 Å². The molecule has 2 amide bonds. The fraction of sp³-hybridized carbons (Fsp3) is 0.600. The third-order valence-electron chi connectivity index (χ3n) is 4.56. The zero-order chi connectivity index (χ0) is 20.2. The van der Waals surface area contributed by atoms with Crippen molar-refractivity contribution in [3.63, 3.8) is 0 Å². The van der Waals surface area contributed by atoms with Gasteiger partial charge >= 0.3 is 6.09 Å². The Hall–Kier alpha value is -1.46. The van der Waals surface area contributed by atoms with Gasteiger partial charge in [0.25, 0.3) is 0 Å². The van der Waals surface area contributed by atoms with Crippen LogP contribution in [0.2, 0.25) is 10.0 Å². The molecule has 5 nitrogen and oxygen atoms in total. The average Bonchev–Trinajstić information content (AvgIpc) is 2.60. The second kappa shape index (κ2) is 9.16. The lowest BCUT2D eigenvalue weighted by Crippen LogP contribution is -2.45. The van der Waals surface area contributed by atoms with Crippen LogP contribution in [0.25, 0.3) is 0 Å². The molecule has 0 saturated carbocycles. The van der Waals surface area contributed by atoms with Crippen molar-refractivity contribution in [2.75, 3.05) is 19.6 Å². The highest BCUT2D eigenvalue weighted by Gasteiger charge is 2.31. The van der Waals surface area contributed by atoms with E-state index >= 15 is 0 Å². The standard InChI is InChI=1S/C20H28Cl2N2O3/c1-5-23(13-15-12-16(21)6-7-17(15)22)18(25)14-8-10-24(11-9-14)19(26)27-20(2,3)4/h6-7,12,14H,5,8-11,13H2,1-4H3. The molecule has 27 heavy (non-hydrogen) atoms. The van der Waals surface area contributed by atoms with E-state index in [2.05, 4.69) is 0 Å². The largest absolute Gasteiger partial charge is 0.444 e. The smallest absolute Gasteiger partial charge is 0.410 e. The van der Waals surface area contributed by atoms with Crippen molar-refractivity contribution in [3.05, 3.63) is 33.8 Å². The van der Waals surface area contributed by atoms with Gasteiger partial charge in [-0.15, -0.1) is 0 Å². The number of ether oxygens (including phenoxy) is 1. The van der Waals surface area contributed by atoms with Crippen LogP contribution < -0.4 is 0 Å². The summed E-state index contributed by atoms with van der Waals surface area (Å²) in [6, 6.07) is 5.28. The molecule has 1 aliphatic heterocycles. The molecular weight excluding hydrogens is 387 g/mol. The Morgan fingerprint density at radius 2 is 1.85 bits per heavy atom. The molecule has 0 spiro atoms. The van der Waals surface area contributed by atoms with Crippen LogP contribution in [-0.4, -0.2) is 47.0 Å². The number of carbonyl (C=O) groups is 2. The average molecular weight is 415 g/mol. The third-order valence-corrected chi connectivity index (χ3v) is 5.16. The van der Waals surface area contributed by atoms with Crippen molar-refractivity contribution >= 4 is 35.2 Å². The number of likely N-dealkylation sites (tertiary alicyclic amines) is 1. The maximum atomic E-state index is 13.0. The Morgan fingerprint density at radius 1 is 1.22 bits per heavy atom. The maximum Gasteiger partial charge on any atom is 0.410 e. The molecule has 1 aromatic carbocycles. The van der Waals surface area contributed by atoms with Crippen molar-refractivity contribution in [1.82, 2.24) is 9.80 Å². The maximum absolute atomic E-state index is 13.0. The minimum atomic E-state index is -0.515. The summed E-state index contributed by atoms with van der Waals surface area (Å²) in [6.07, 6.45) is 0.960. The number of hydrogen-bond donors (Lipinski definition) is 0. The molecule has 1 heterocycles. The van der Waals surface area contributed by atoms with Crippen LogP contribution in [0.1, 0.15) is 46.1 Å². The molecule has 0 aliphatic carbocycles. The van der Waals surface area contributed by atoms with Gasteiger partial charge in [0, 0.05) is 42.1 Å². The minimum absolute atomic E-state index is 0.0948. The van der Waals surface area contributed by atoms with E-state index in [4.69, 9.17) is 27.9 Å². The van der Waals surface area contributed by atoms with Gasteiger partial charge in [-0.2, -0.15) is 0 Å². The summed E-state index contributed by atoms with van der Waals surface area (Å²) in [5.41, 5.74) is 0.324. The van der Waals surface area contributed by atoms with E-state index in [1.54, 1.807) is 28.0 Å². The number of rotatable bonds is 4. The van der Waals surface area contributed by atoms with Gasteiger partial charge in [0.2, 0.25) is 5.91 Å². The van der Waals surface area contributed by atoms with Crippen molar-refractivity contribution in [3.8, 4) is 0 Å². The van der Waals surface area contributed by atoms with Crippen LogP contribution >= 0.6 is 23.2 Å². The van der Waals surface area contributed by atoms with Gasteiger partial charge in [0.05, 0.1) is 0 Å². The molecule has 7 heteroatoms. The quantitative estimate of drug-likeness (QED) is 0.696. The highest BCUT2D eigenvalue weighted by Crippen LogP contribution is 2.25. The number of nitrogens with zero attached hydrogens (tertiary/aromatic N) is 2. The fourth-order valence-corrected chi connectivity index (χ4v) is 3.48. The van der Waals surface area contributed by atoms with Crippen molar-refractivity contribution in [2.24, 2.45) is 5.92 Å². The fourth-order valence-electron chi connectivity index (χ4n) is 3.11. The van der Waals surface area contributed by atoms with E-state index in [9.17, 15) is 9.59 Å². The first-order valence-electron chi connectivity index (χ1n) is 9.31. The summed E-state index contributed by atoms with van der Waals surface area (Å²) in [5, 5.41) is 1.20. The van der Waals surface area contributed by atoms with Gasteiger partial charge in [-0.05, 0) is 64.3 Å². The number of piperidine rings is 1. The first-order chi connectivity index (χ1) is 12.6. The third kappa shape index (κ3) is 6.28. The topological polar surface area (TPSA) is 49.9 Å². The highest BCUT2D eigenvalue weighted by atomic mass is 35.5. The summed E-state index contributed by atoms with van der Waals surface area (Å²) in [6.45, 7) is 9.58. The number of amides is 2. The number of benzene rings is 1. The first-order valence-corrected chi connectivity index (χ1v) is 10.1. The molecule has 0 N–H and O–H groups in total. The summed E-state index contributed by atoms with van der Waals surface area (Å²) < 4.78 is 5.41. The second-order valence-electron chi connectivity index (χ2n) is 7.83. The van der Waals surface area contributed by atoms with Crippen LogP contribution in [0.15, 0.2) is 18.2 Å². The van der Waals surface area contributed by atoms with Crippen LogP contribution in [-0.2, 0) is 16.1 Å². The Morgan fingerprint density at radius 3 is 2.41 bits per heavy atom. The molecule has 1 fully saturated rings. The monoisotopic (exact) mass is 414 g/mol. The zero-order valence-corrected chi connectivity index (χ0v) is 17.9. The van der Waals surface area contributed by atoms with Crippen molar-refractivity contribution in [1.29, 1.82) is 0 Å². The van der Waals surface area contributed by atoms with E-state index < -0.39 is 5.60 Å². The molecule has 0 atom stereocenters. The van der Waals surface area contributed by atoms with Crippen LogP contribution in [0.5, 0.6) is 0 Å². The van der Waals surface area contributed by atoms with Gasteiger partial charge in [0.1, 0.15) is 5.60 Å². The minimum Gasteiger partial charge on any atom is -0.444 e. The summed E-state index contributed by atoms with van der Waals surface area (Å²) in [4.78, 5) is 28.6. The highest BCUT2D eigenvalue weighted by molar-refractivity contribution is 6.33. The SMILES string of the molecule is CCN(Cc1cc(Cl)ccc1Cl)C(=O)C1CCN(C(=O)OC(C)(C)C)CC1. The Bertz CT molecular complexity index is 680. The van der Waals surface area contributed by atoms with E-state index in [-0.39, 0.29) is 17.9 Å². The zero-order valence-electron chi connectivity index (χ0n) is 16.4. The molecule has 0 bridgehead atoms. The molecule has 1 saturated heterocycles. The number of carbonyl (C=O) groups excluding carboxylic acids is 2. The summed E-state index contributed by atoms with van der Waals surface area (Å²) in [7, 11) is 0. The summed E-state index contributed by atoms with van der Waals surface area (Å²) in [5.74, 6) is -0.000947. The Kier molecular flexibility index (Phi) is 7.40. The molecule has 0 aromatic heterocycles. The molecule has 1 aromatic rings. The predicted octanol–water partition coefficient (Wildman–Crippen LogP) is 4.99. The van der Waals surface area contributed by atoms with Gasteiger partial charge in [-0.1, -0.05) is 23.2 Å². The van der Waals surface area contributed by atoms with E-state index in [1.165, 1.54) is 0 Å². The lowest BCUT2D eigenvalue weighted by molar-refractivity contribution is -0.137. The predicted molar refractivity (Wildman–Crippen MR) is 108 cm³/mol. The molecule has 0 unspecified atom stereocenters. The second-order valence-corrected chi connectivity index (χ2v) is 8.67. The van der Waals surface area contributed by atoms with Crippen LogP contribution in [0, 0.1) is 5.92 Å². The van der Waals surface area contributed by atoms with Crippen LogP contribution in [0.4, 0.5) is 4.79 Å². The normalized spacial score (nSPS) is 15.6. The van der Waals surface area contributed by atoms with Crippen LogP contribution in [0.3, 0.4) is 0 Å². The first kappa shape index (κ1) is 21.8. The lowest BCUT2D eigenvalue weighted by atomic mass is 9.95. The van der Waals surface area contributed by atoms with Gasteiger partial charge < -0.3 is 14.5 Å². The molecule has 1 aliphatic rings. The van der Waals surface area contributed by atoms with E-state index in [0.29, 0.717) is 49.1 Å².